The van der Waals surface area contributed by atoms with E-state index in [1.165, 1.54) is 42.4 Å². The Morgan fingerprint density at radius 2 is 2.21 bits per heavy atom. The number of aliphatic hydroxyl groups excluding tert-OH is 1. The minimum atomic E-state index is -0.0744. The van der Waals surface area contributed by atoms with Crippen LogP contribution in [-0.2, 0) is 19.6 Å². The van der Waals surface area contributed by atoms with E-state index >= 15 is 0 Å². The van der Waals surface area contributed by atoms with Crippen LogP contribution in [0.2, 0.25) is 5.15 Å². The molecule has 0 amide bonds. The average Bonchev–Trinajstić information content (AvgIpc) is 2.85. The first-order chi connectivity index (χ1) is 9.28. The minimum absolute atomic E-state index is 0.0744. The normalized spacial score (nSPS) is 15.3. The lowest BCUT2D eigenvalue weighted by molar-refractivity contribution is 0.285. The van der Waals surface area contributed by atoms with E-state index in [0.717, 1.165) is 28.3 Å². The fraction of sp³-hybridized carbons (Fsp3) is 0.545. The van der Waals surface area contributed by atoms with Gasteiger partial charge < -0.3 is 9.67 Å². The molecule has 0 aromatic carbocycles. The van der Waals surface area contributed by atoms with Gasteiger partial charge in [0.25, 0.3) is 0 Å². The number of halogens is 1. The minimum Gasteiger partial charge on any atom is -0.391 e. The van der Waals surface area contributed by atoms with Crippen molar-refractivity contribution in [2.24, 2.45) is 0 Å². The van der Waals surface area contributed by atoms with Crippen molar-refractivity contribution in [1.29, 1.82) is 0 Å². The van der Waals surface area contributed by atoms with Gasteiger partial charge in [-0.25, -0.2) is 4.98 Å². The number of aliphatic hydroxyl groups is 1. The third kappa shape index (κ3) is 2.79. The van der Waals surface area contributed by atoms with Crippen molar-refractivity contribution in [2.45, 2.75) is 48.3 Å². The van der Waals surface area contributed by atoms with Crippen LogP contribution in [-0.4, -0.2) is 24.9 Å². The first kappa shape index (κ1) is 13.4. The number of rotatable bonds is 3. The second-order valence-corrected chi connectivity index (χ2v) is 6.97. The van der Waals surface area contributed by atoms with Crippen LogP contribution in [0.25, 0.3) is 0 Å². The molecule has 0 spiro atoms. The van der Waals surface area contributed by atoms with Crippen LogP contribution in [0.4, 0.5) is 0 Å². The second kappa shape index (κ2) is 5.78. The van der Waals surface area contributed by atoms with Crippen LogP contribution in [0.3, 0.4) is 0 Å². The van der Waals surface area contributed by atoms with Gasteiger partial charge in [-0.3, -0.25) is 0 Å². The molecule has 0 saturated carbocycles. The van der Waals surface area contributed by atoms with Gasteiger partial charge in [0, 0.05) is 13.0 Å². The lowest BCUT2D eigenvalue weighted by Gasteiger charge is -2.04. The van der Waals surface area contributed by atoms with Crippen LogP contribution in [0.15, 0.2) is 9.50 Å². The van der Waals surface area contributed by atoms with E-state index in [-0.39, 0.29) is 6.61 Å². The lowest BCUT2D eigenvalue weighted by Crippen LogP contribution is -2.01. The highest BCUT2D eigenvalue weighted by Crippen LogP contribution is 2.34. The summed E-state index contributed by atoms with van der Waals surface area (Å²) in [5, 5.41) is 18.9. The third-order valence-corrected chi connectivity index (χ3v) is 5.54. The zero-order chi connectivity index (χ0) is 13.2. The Labute approximate surface area is 124 Å². The Bertz CT molecular complexity index is 583. The van der Waals surface area contributed by atoms with E-state index in [1.807, 2.05) is 0 Å². The van der Waals surface area contributed by atoms with Crippen molar-refractivity contribution in [2.75, 3.05) is 0 Å². The predicted molar refractivity (Wildman–Crippen MR) is 74.7 cm³/mol. The largest absolute Gasteiger partial charge is 0.391 e. The molecule has 0 radical (unpaired) electrons. The van der Waals surface area contributed by atoms with Crippen molar-refractivity contribution in [3.05, 3.63) is 15.9 Å². The molecular weight excluding hydrogens is 304 g/mol. The Balaban J connectivity index is 1.84. The number of aryl methyl sites for hydroxylation is 1. The Morgan fingerprint density at radius 1 is 1.32 bits per heavy atom. The van der Waals surface area contributed by atoms with Gasteiger partial charge in [-0.05, 0) is 24.6 Å². The van der Waals surface area contributed by atoms with E-state index in [4.69, 9.17) is 16.7 Å². The molecule has 1 N–H and O–H groups in total. The van der Waals surface area contributed by atoms with E-state index < -0.39 is 0 Å². The summed E-state index contributed by atoms with van der Waals surface area (Å²) >= 11 is 8.81. The number of aromatic nitrogens is 4. The smallest absolute Gasteiger partial charge is 0.198 e. The highest BCUT2D eigenvalue weighted by Gasteiger charge is 2.18. The maximum atomic E-state index is 9.13. The molecule has 8 heteroatoms. The van der Waals surface area contributed by atoms with Crippen molar-refractivity contribution < 1.29 is 5.11 Å². The number of fused-ring (bicyclic) bond motifs is 1. The molecule has 5 nitrogen and oxygen atoms in total. The molecule has 2 aromatic heterocycles. The first-order valence-corrected chi connectivity index (χ1v) is 8.15. The van der Waals surface area contributed by atoms with E-state index in [2.05, 4.69) is 19.7 Å². The maximum Gasteiger partial charge on any atom is 0.198 e. The first-order valence-electron chi connectivity index (χ1n) is 6.14. The molecule has 19 heavy (non-hydrogen) atoms. The number of hydrogen-bond donors (Lipinski definition) is 1. The van der Waals surface area contributed by atoms with Gasteiger partial charge in [0.15, 0.2) is 9.50 Å². The van der Waals surface area contributed by atoms with E-state index in [1.54, 1.807) is 0 Å². The molecule has 0 atom stereocenters. The van der Waals surface area contributed by atoms with Gasteiger partial charge in [-0.1, -0.05) is 18.0 Å². The average molecular weight is 317 g/mol. The van der Waals surface area contributed by atoms with E-state index in [9.17, 15) is 0 Å². The van der Waals surface area contributed by atoms with E-state index in [0.29, 0.717) is 10.0 Å². The molecule has 0 aliphatic carbocycles. The summed E-state index contributed by atoms with van der Waals surface area (Å²) in [4.78, 5) is 4.93. The molecular formula is C11H13ClN4OS2. The van der Waals surface area contributed by atoms with Gasteiger partial charge >= 0.3 is 0 Å². The molecule has 102 valence electrons. The molecule has 3 heterocycles. The fourth-order valence-electron chi connectivity index (χ4n) is 2.07. The molecule has 0 saturated heterocycles. The van der Waals surface area contributed by atoms with Crippen molar-refractivity contribution in [3.63, 3.8) is 0 Å². The van der Waals surface area contributed by atoms with Gasteiger partial charge in [0.05, 0.1) is 11.5 Å². The number of hydrogen-bond acceptors (Lipinski definition) is 6. The number of nitrogens with zero attached hydrogens (tertiary/aromatic N) is 4. The van der Waals surface area contributed by atoms with Crippen LogP contribution >= 0.6 is 34.7 Å². The van der Waals surface area contributed by atoms with Gasteiger partial charge in [-0.2, -0.15) is 0 Å². The zero-order valence-corrected chi connectivity index (χ0v) is 12.6. The monoisotopic (exact) mass is 316 g/mol. The van der Waals surface area contributed by atoms with Crippen molar-refractivity contribution in [3.8, 4) is 0 Å². The summed E-state index contributed by atoms with van der Waals surface area (Å²) in [6, 6.07) is 0. The molecule has 2 aromatic rings. The molecule has 0 fully saturated rings. The summed E-state index contributed by atoms with van der Waals surface area (Å²) < 4.78 is 2.97. The van der Waals surface area contributed by atoms with Gasteiger partial charge in [0.2, 0.25) is 0 Å². The zero-order valence-electron chi connectivity index (χ0n) is 10.2. The quantitative estimate of drug-likeness (QED) is 0.943. The van der Waals surface area contributed by atoms with Crippen molar-refractivity contribution in [1.82, 2.24) is 19.7 Å². The predicted octanol–water partition coefficient (Wildman–Crippen LogP) is 2.76. The van der Waals surface area contributed by atoms with Crippen LogP contribution in [0.5, 0.6) is 0 Å². The Morgan fingerprint density at radius 3 is 3.00 bits per heavy atom. The molecule has 0 bridgehead atoms. The standard InChI is InChI=1S/C11H13ClN4OS2/c12-9-7(6-17)18-11(13-9)19-10-15-14-8-4-2-1-3-5-16(8)10/h17H,1-6H2. The summed E-state index contributed by atoms with van der Waals surface area (Å²) in [7, 11) is 0. The third-order valence-electron chi connectivity index (χ3n) is 3.03. The molecule has 3 rings (SSSR count). The topological polar surface area (TPSA) is 63.8 Å². The highest BCUT2D eigenvalue weighted by molar-refractivity contribution is 8.00. The van der Waals surface area contributed by atoms with Crippen molar-refractivity contribution >= 4 is 34.7 Å². The molecule has 1 aliphatic rings. The summed E-state index contributed by atoms with van der Waals surface area (Å²) in [6.07, 6.45) is 4.58. The summed E-state index contributed by atoms with van der Waals surface area (Å²) in [5.74, 6) is 1.06. The Kier molecular flexibility index (Phi) is 4.07. The number of thiazole rings is 1. The molecule has 1 aliphatic heterocycles. The maximum absolute atomic E-state index is 9.13. The fourth-order valence-corrected chi connectivity index (χ4v) is 4.34. The Hall–Kier alpha value is -0.630. The molecule has 0 unspecified atom stereocenters. The SMILES string of the molecule is OCc1sc(Sc2nnc3n2CCCCC3)nc1Cl. The van der Waals surface area contributed by atoms with Crippen LogP contribution in [0, 0.1) is 0 Å². The lowest BCUT2D eigenvalue weighted by atomic mass is 10.2. The van der Waals surface area contributed by atoms with Crippen LogP contribution < -0.4 is 0 Å². The van der Waals surface area contributed by atoms with Gasteiger partial charge in [-0.15, -0.1) is 21.5 Å². The highest BCUT2D eigenvalue weighted by atomic mass is 35.5. The summed E-state index contributed by atoms with van der Waals surface area (Å²) in [6.45, 7) is 0.894. The van der Waals surface area contributed by atoms with Gasteiger partial charge in [0.1, 0.15) is 11.0 Å². The van der Waals surface area contributed by atoms with Crippen LogP contribution in [0.1, 0.15) is 30.0 Å². The summed E-state index contributed by atoms with van der Waals surface area (Å²) in [5.41, 5.74) is 0. The second-order valence-electron chi connectivity index (χ2n) is 4.32.